The summed E-state index contributed by atoms with van der Waals surface area (Å²) in [6.07, 6.45) is 2.23. The highest BCUT2D eigenvalue weighted by Crippen LogP contribution is 2.24. The number of aryl methyl sites for hydroxylation is 3. The number of hydrogen-bond donors (Lipinski definition) is 1. The minimum Gasteiger partial charge on any atom is -0.493 e. The second kappa shape index (κ2) is 9.59. The number of para-hydroxylation sites is 3. The minimum absolute atomic E-state index is 0.0666. The molecule has 0 spiro atoms. The molecule has 1 aromatic heterocycles. The highest BCUT2D eigenvalue weighted by molar-refractivity contribution is 5.78. The van der Waals surface area contributed by atoms with Gasteiger partial charge in [0.2, 0.25) is 5.91 Å². The van der Waals surface area contributed by atoms with Crippen molar-refractivity contribution in [2.24, 2.45) is 0 Å². The first-order valence-electron chi connectivity index (χ1n) is 10.4. The molecular formula is C24H31N3O2. The van der Waals surface area contributed by atoms with Gasteiger partial charge in [-0.25, -0.2) is 4.98 Å². The second-order valence-electron chi connectivity index (χ2n) is 7.57. The summed E-state index contributed by atoms with van der Waals surface area (Å²) in [7, 11) is 0. The fourth-order valence-electron chi connectivity index (χ4n) is 3.69. The summed E-state index contributed by atoms with van der Waals surface area (Å²) >= 11 is 0. The van der Waals surface area contributed by atoms with Gasteiger partial charge >= 0.3 is 0 Å². The smallest absolute Gasteiger partial charge is 0.220 e. The molecule has 1 atom stereocenters. The first-order valence-corrected chi connectivity index (χ1v) is 10.4. The van der Waals surface area contributed by atoms with Gasteiger partial charge in [-0.2, -0.15) is 0 Å². The van der Waals surface area contributed by atoms with Crippen LogP contribution in [-0.4, -0.2) is 22.1 Å². The van der Waals surface area contributed by atoms with Crippen molar-refractivity contribution >= 4 is 16.9 Å². The van der Waals surface area contributed by atoms with Gasteiger partial charge in [0.25, 0.3) is 0 Å². The first kappa shape index (κ1) is 20.9. The maximum Gasteiger partial charge on any atom is 0.220 e. The Balaban J connectivity index is 1.73. The zero-order valence-electron chi connectivity index (χ0n) is 17.9. The molecule has 29 heavy (non-hydrogen) atoms. The molecular weight excluding hydrogens is 362 g/mol. The number of aromatic nitrogens is 2. The van der Waals surface area contributed by atoms with Crippen molar-refractivity contribution in [2.75, 3.05) is 6.61 Å². The van der Waals surface area contributed by atoms with Crippen LogP contribution in [0.15, 0.2) is 42.5 Å². The lowest BCUT2D eigenvalue weighted by Gasteiger charge is -2.17. The lowest BCUT2D eigenvalue weighted by atomic mass is 10.1. The molecule has 1 heterocycles. The Morgan fingerprint density at radius 1 is 1.14 bits per heavy atom. The van der Waals surface area contributed by atoms with Crippen molar-refractivity contribution in [3.05, 3.63) is 59.4 Å². The number of nitrogens with zero attached hydrogens (tertiary/aromatic N) is 2. The number of rotatable bonds is 9. The second-order valence-corrected chi connectivity index (χ2v) is 7.57. The number of carbonyl (C=O) groups is 1. The molecule has 154 valence electrons. The Kier molecular flexibility index (Phi) is 6.91. The zero-order valence-corrected chi connectivity index (χ0v) is 17.9. The molecule has 3 rings (SSSR count). The third-order valence-electron chi connectivity index (χ3n) is 5.11. The maximum absolute atomic E-state index is 12.1. The molecule has 5 heteroatoms. The number of nitrogens with one attached hydrogen (secondary N) is 1. The van der Waals surface area contributed by atoms with Gasteiger partial charge < -0.3 is 14.6 Å². The number of ether oxygens (including phenoxy) is 1. The van der Waals surface area contributed by atoms with Crippen molar-refractivity contribution in [3.8, 4) is 5.75 Å². The average Bonchev–Trinajstić information content (AvgIpc) is 3.06. The largest absolute Gasteiger partial charge is 0.493 e. The predicted molar refractivity (Wildman–Crippen MR) is 117 cm³/mol. The summed E-state index contributed by atoms with van der Waals surface area (Å²) < 4.78 is 8.28. The molecule has 1 unspecified atom stereocenters. The van der Waals surface area contributed by atoms with Crippen molar-refractivity contribution in [1.29, 1.82) is 0 Å². The standard InChI is InChI=1S/C24H31N3O2/c1-5-10-22(28)25-19(4)24-26-20-13-6-7-14-21(20)27(24)15-9-16-29-23-17(2)11-8-12-18(23)3/h6-8,11-14,19H,5,9-10,15-16H2,1-4H3,(H,25,28). The third kappa shape index (κ3) is 4.97. The monoisotopic (exact) mass is 393 g/mol. The van der Waals surface area contributed by atoms with E-state index in [-0.39, 0.29) is 11.9 Å². The van der Waals surface area contributed by atoms with E-state index in [4.69, 9.17) is 9.72 Å². The Hall–Kier alpha value is -2.82. The van der Waals surface area contributed by atoms with E-state index in [2.05, 4.69) is 48.0 Å². The number of amides is 1. The molecule has 5 nitrogen and oxygen atoms in total. The fourth-order valence-corrected chi connectivity index (χ4v) is 3.69. The predicted octanol–water partition coefficient (Wildman–Crippen LogP) is 5.10. The van der Waals surface area contributed by atoms with Gasteiger partial charge in [-0.3, -0.25) is 4.79 Å². The van der Waals surface area contributed by atoms with E-state index < -0.39 is 0 Å². The van der Waals surface area contributed by atoms with Gasteiger partial charge in [-0.1, -0.05) is 37.3 Å². The van der Waals surface area contributed by atoms with Crippen molar-refractivity contribution < 1.29 is 9.53 Å². The van der Waals surface area contributed by atoms with Crippen molar-refractivity contribution in [3.63, 3.8) is 0 Å². The first-order chi connectivity index (χ1) is 14.0. The summed E-state index contributed by atoms with van der Waals surface area (Å²) in [5.74, 6) is 1.93. The topological polar surface area (TPSA) is 56.2 Å². The van der Waals surface area contributed by atoms with E-state index in [0.29, 0.717) is 13.0 Å². The van der Waals surface area contributed by atoms with Crippen LogP contribution in [0.3, 0.4) is 0 Å². The lowest BCUT2D eigenvalue weighted by Crippen LogP contribution is -2.28. The molecule has 0 radical (unpaired) electrons. The van der Waals surface area contributed by atoms with E-state index in [1.54, 1.807) is 0 Å². The molecule has 1 amide bonds. The van der Waals surface area contributed by atoms with E-state index in [1.165, 1.54) is 0 Å². The number of benzene rings is 2. The Labute approximate surface area is 173 Å². The van der Waals surface area contributed by atoms with Crippen molar-refractivity contribution in [2.45, 2.75) is 59.5 Å². The molecule has 0 saturated heterocycles. The maximum atomic E-state index is 12.1. The summed E-state index contributed by atoms with van der Waals surface area (Å²) in [4.78, 5) is 16.9. The summed E-state index contributed by atoms with van der Waals surface area (Å²) in [5.41, 5.74) is 4.36. The van der Waals surface area contributed by atoms with Gasteiger partial charge in [-0.15, -0.1) is 0 Å². The summed E-state index contributed by atoms with van der Waals surface area (Å²) in [5, 5.41) is 3.08. The van der Waals surface area contributed by atoms with Crippen LogP contribution in [0.2, 0.25) is 0 Å². The number of hydrogen-bond acceptors (Lipinski definition) is 3. The normalized spacial score (nSPS) is 12.1. The molecule has 3 aromatic rings. The summed E-state index contributed by atoms with van der Waals surface area (Å²) in [6, 6.07) is 14.2. The molecule has 0 fully saturated rings. The Bertz CT molecular complexity index is 957. The fraction of sp³-hybridized carbons (Fsp3) is 0.417. The molecule has 1 N–H and O–H groups in total. The van der Waals surface area contributed by atoms with E-state index in [1.807, 2.05) is 32.0 Å². The molecule has 0 saturated carbocycles. The van der Waals surface area contributed by atoms with Crippen LogP contribution < -0.4 is 10.1 Å². The van der Waals surface area contributed by atoms with Crippen LogP contribution in [-0.2, 0) is 11.3 Å². The molecule has 0 aliphatic heterocycles. The van der Waals surface area contributed by atoms with Crippen LogP contribution in [0.4, 0.5) is 0 Å². The van der Waals surface area contributed by atoms with Gasteiger partial charge in [0.05, 0.1) is 23.7 Å². The van der Waals surface area contributed by atoms with Crippen LogP contribution in [0.25, 0.3) is 11.0 Å². The van der Waals surface area contributed by atoms with Gasteiger partial charge in [0.1, 0.15) is 11.6 Å². The van der Waals surface area contributed by atoms with E-state index in [9.17, 15) is 4.79 Å². The van der Waals surface area contributed by atoms with Gasteiger partial charge in [0, 0.05) is 13.0 Å². The van der Waals surface area contributed by atoms with Crippen molar-refractivity contribution in [1.82, 2.24) is 14.9 Å². The number of carbonyl (C=O) groups excluding carboxylic acids is 1. The third-order valence-corrected chi connectivity index (χ3v) is 5.11. The Morgan fingerprint density at radius 2 is 1.86 bits per heavy atom. The molecule has 0 aliphatic carbocycles. The minimum atomic E-state index is -0.138. The van der Waals surface area contributed by atoms with Crippen LogP contribution in [0.5, 0.6) is 5.75 Å². The van der Waals surface area contributed by atoms with Gasteiger partial charge in [0.15, 0.2) is 0 Å². The Morgan fingerprint density at radius 3 is 2.59 bits per heavy atom. The quantitative estimate of drug-likeness (QED) is 0.515. The van der Waals surface area contributed by atoms with Crippen LogP contribution in [0, 0.1) is 13.8 Å². The lowest BCUT2D eigenvalue weighted by molar-refractivity contribution is -0.121. The average molecular weight is 394 g/mol. The molecule has 2 aromatic carbocycles. The SMILES string of the molecule is CCCC(=O)NC(C)c1nc2ccccc2n1CCCOc1c(C)cccc1C. The number of imidazole rings is 1. The summed E-state index contributed by atoms with van der Waals surface area (Å²) in [6.45, 7) is 9.58. The molecule has 0 bridgehead atoms. The number of fused-ring (bicyclic) bond motifs is 1. The highest BCUT2D eigenvalue weighted by Gasteiger charge is 2.18. The van der Waals surface area contributed by atoms with E-state index >= 15 is 0 Å². The van der Waals surface area contributed by atoms with E-state index in [0.717, 1.165) is 53.1 Å². The zero-order chi connectivity index (χ0) is 20.8. The molecule has 0 aliphatic rings. The van der Waals surface area contributed by atoms with Gasteiger partial charge in [-0.05, 0) is 56.9 Å². The van der Waals surface area contributed by atoms with Crippen LogP contribution in [0.1, 0.15) is 56.1 Å². The van der Waals surface area contributed by atoms with Crippen LogP contribution >= 0.6 is 0 Å². The highest BCUT2D eigenvalue weighted by atomic mass is 16.5.